The van der Waals surface area contributed by atoms with Crippen LogP contribution in [-0.2, 0) is 17.7 Å². The molecule has 1 N–H and O–H groups in total. The summed E-state index contributed by atoms with van der Waals surface area (Å²) in [5.41, 5.74) is 3.33. The van der Waals surface area contributed by atoms with Gasteiger partial charge in [0.15, 0.2) is 0 Å². The first kappa shape index (κ1) is 14.7. The molecule has 1 aromatic heterocycles. The molecule has 0 atom stereocenters. The van der Waals surface area contributed by atoms with Crippen molar-refractivity contribution in [3.05, 3.63) is 41.7 Å². The van der Waals surface area contributed by atoms with E-state index in [0.29, 0.717) is 13.2 Å². The third kappa shape index (κ3) is 4.15. The Labute approximate surface area is 120 Å². The molecule has 0 unspecified atom stereocenters. The highest BCUT2D eigenvalue weighted by Crippen LogP contribution is 2.10. The van der Waals surface area contributed by atoms with Crippen molar-refractivity contribution < 1.29 is 4.74 Å². The van der Waals surface area contributed by atoms with Gasteiger partial charge in [0.25, 0.3) is 0 Å². The maximum Gasteiger partial charge on any atom is 0.0969 e. The van der Waals surface area contributed by atoms with Gasteiger partial charge in [-0.25, -0.2) is 4.68 Å². The topological polar surface area (TPSA) is 52.0 Å². The molecule has 0 aliphatic heterocycles. The van der Waals surface area contributed by atoms with Crippen LogP contribution in [0.1, 0.15) is 24.6 Å². The number of ether oxygens (including phenoxy) is 1. The standard InChI is InChI=1S/C15H22N4O/c1-3-4-13-5-7-15(8-6-13)19-12-14(17-18-19)11-16-9-10-20-2/h5-8,12,16H,3-4,9-11H2,1-2H3. The van der Waals surface area contributed by atoms with E-state index in [1.54, 1.807) is 7.11 Å². The van der Waals surface area contributed by atoms with Crippen molar-refractivity contribution in [2.75, 3.05) is 20.3 Å². The van der Waals surface area contributed by atoms with Crippen LogP contribution in [0.3, 0.4) is 0 Å². The molecule has 5 heteroatoms. The van der Waals surface area contributed by atoms with Crippen molar-refractivity contribution in [1.82, 2.24) is 20.3 Å². The highest BCUT2D eigenvalue weighted by Gasteiger charge is 2.02. The number of nitrogens with zero attached hydrogens (tertiary/aromatic N) is 3. The first-order chi connectivity index (χ1) is 9.83. The highest BCUT2D eigenvalue weighted by atomic mass is 16.5. The van der Waals surface area contributed by atoms with E-state index < -0.39 is 0 Å². The lowest BCUT2D eigenvalue weighted by Crippen LogP contribution is -2.18. The summed E-state index contributed by atoms with van der Waals surface area (Å²) in [6.07, 6.45) is 4.24. The minimum atomic E-state index is 0.701. The van der Waals surface area contributed by atoms with Crippen molar-refractivity contribution >= 4 is 0 Å². The van der Waals surface area contributed by atoms with Gasteiger partial charge in [-0.3, -0.25) is 0 Å². The minimum absolute atomic E-state index is 0.701. The summed E-state index contributed by atoms with van der Waals surface area (Å²) in [6.45, 7) is 4.41. The molecule has 108 valence electrons. The Morgan fingerprint density at radius 3 is 2.75 bits per heavy atom. The summed E-state index contributed by atoms with van der Waals surface area (Å²) in [6, 6.07) is 8.47. The lowest BCUT2D eigenvalue weighted by Gasteiger charge is -2.02. The maximum absolute atomic E-state index is 4.98. The summed E-state index contributed by atoms with van der Waals surface area (Å²) < 4.78 is 6.79. The molecule has 2 rings (SSSR count). The van der Waals surface area contributed by atoms with Gasteiger partial charge in [0.2, 0.25) is 0 Å². The minimum Gasteiger partial charge on any atom is -0.383 e. The van der Waals surface area contributed by atoms with Gasteiger partial charge in [0.05, 0.1) is 24.2 Å². The molecule has 0 saturated heterocycles. The fourth-order valence-electron chi connectivity index (χ4n) is 2.00. The van der Waals surface area contributed by atoms with Crippen LogP contribution in [0, 0.1) is 0 Å². The van der Waals surface area contributed by atoms with Crippen LogP contribution in [0.15, 0.2) is 30.5 Å². The number of nitrogens with one attached hydrogen (secondary N) is 1. The molecule has 1 aromatic carbocycles. The fraction of sp³-hybridized carbons (Fsp3) is 0.467. The molecule has 0 radical (unpaired) electrons. The largest absolute Gasteiger partial charge is 0.383 e. The average Bonchev–Trinajstić information content (AvgIpc) is 2.94. The molecule has 0 aliphatic rings. The molecule has 0 aliphatic carbocycles. The normalized spacial score (nSPS) is 10.9. The van der Waals surface area contributed by atoms with Crippen molar-refractivity contribution in [3.8, 4) is 5.69 Å². The highest BCUT2D eigenvalue weighted by molar-refractivity contribution is 5.33. The molecular formula is C15H22N4O. The monoisotopic (exact) mass is 274 g/mol. The first-order valence-corrected chi connectivity index (χ1v) is 7.03. The van der Waals surface area contributed by atoms with Gasteiger partial charge in [-0.05, 0) is 24.1 Å². The molecule has 1 heterocycles. The lowest BCUT2D eigenvalue weighted by molar-refractivity contribution is 0.199. The van der Waals surface area contributed by atoms with Gasteiger partial charge in [-0.1, -0.05) is 30.7 Å². The number of methoxy groups -OCH3 is 1. The van der Waals surface area contributed by atoms with Gasteiger partial charge in [0.1, 0.15) is 0 Å². The molecule has 0 bridgehead atoms. The quantitative estimate of drug-likeness (QED) is 0.748. The second-order valence-corrected chi connectivity index (χ2v) is 4.74. The predicted molar refractivity (Wildman–Crippen MR) is 78.9 cm³/mol. The number of hydrogen-bond acceptors (Lipinski definition) is 4. The molecular weight excluding hydrogens is 252 g/mol. The van der Waals surface area contributed by atoms with E-state index in [9.17, 15) is 0 Å². The van der Waals surface area contributed by atoms with Crippen molar-refractivity contribution in [2.24, 2.45) is 0 Å². The number of aromatic nitrogens is 3. The van der Waals surface area contributed by atoms with Crippen molar-refractivity contribution in [2.45, 2.75) is 26.3 Å². The van der Waals surface area contributed by atoms with E-state index in [0.717, 1.165) is 24.3 Å². The van der Waals surface area contributed by atoms with E-state index in [2.05, 4.69) is 46.8 Å². The number of benzene rings is 1. The second kappa shape index (κ2) is 7.77. The Hall–Kier alpha value is -1.72. The average molecular weight is 274 g/mol. The molecule has 20 heavy (non-hydrogen) atoms. The van der Waals surface area contributed by atoms with Gasteiger partial charge in [-0.2, -0.15) is 0 Å². The van der Waals surface area contributed by atoms with Crippen LogP contribution in [0.4, 0.5) is 0 Å². The van der Waals surface area contributed by atoms with E-state index in [1.165, 1.54) is 12.0 Å². The van der Waals surface area contributed by atoms with Crippen LogP contribution in [0.2, 0.25) is 0 Å². The maximum atomic E-state index is 4.98. The Morgan fingerprint density at radius 1 is 1.25 bits per heavy atom. The van der Waals surface area contributed by atoms with E-state index in [4.69, 9.17) is 4.74 Å². The fourth-order valence-corrected chi connectivity index (χ4v) is 2.00. The zero-order valence-corrected chi connectivity index (χ0v) is 12.2. The SMILES string of the molecule is CCCc1ccc(-n2cc(CNCCOC)nn2)cc1. The van der Waals surface area contributed by atoms with Gasteiger partial charge in [0, 0.05) is 20.2 Å². The summed E-state index contributed by atoms with van der Waals surface area (Å²) in [7, 11) is 1.69. The number of rotatable bonds is 8. The molecule has 5 nitrogen and oxygen atoms in total. The van der Waals surface area contributed by atoms with Crippen molar-refractivity contribution in [3.63, 3.8) is 0 Å². The van der Waals surface area contributed by atoms with Gasteiger partial charge >= 0.3 is 0 Å². The second-order valence-electron chi connectivity index (χ2n) is 4.74. The molecule has 2 aromatic rings. The number of hydrogen-bond donors (Lipinski definition) is 1. The third-order valence-electron chi connectivity index (χ3n) is 3.07. The van der Waals surface area contributed by atoms with E-state index >= 15 is 0 Å². The summed E-state index contributed by atoms with van der Waals surface area (Å²) in [4.78, 5) is 0. The molecule has 0 spiro atoms. The molecule has 0 fully saturated rings. The van der Waals surface area contributed by atoms with Gasteiger partial charge in [-0.15, -0.1) is 5.10 Å². The Morgan fingerprint density at radius 2 is 2.05 bits per heavy atom. The van der Waals surface area contributed by atoms with E-state index in [1.807, 2.05) is 10.9 Å². The Balaban J connectivity index is 1.93. The first-order valence-electron chi connectivity index (χ1n) is 7.03. The van der Waals surface area contributed by atoms with Crippen molar-refractivity contribution in [1.29, 1.82) is 0 Å². The molecule has 0 saturated carbocycles. The van der Waals surface area contributed by atoms with Crippen LogP contribution in [0.5, 0.6) is 0 Å². The van der Waals surface area contributed by atoms with E-state index in [-0.39, 0.29) is 0 Å². The summed E-state index contributed by atoms with van der Waals surface area (Å²) in [5.74, 6) is 0. The van der Waals surface area contributed by atoms with Crippen LogP contribution >= 0.6 is 0 Å². The van der Waals surface area contributed by atoms with Gasteiger partial charge < -0.3 is 10.1 Å². The number of aryl methyl sites for hydroxylation is 1. The Bertz CT molecular complexity index is 507. The third-order valence-corrected chi connectivity index (χ3v) is 3.07. The lowest BCUT2D eigenvalue weighted by atomic mass is 10.1. The predicted octanol–water partition coefficient (Wildman–Crippen LogP) is 1.96. The zero-order valence-electron chi connectivity index (χ0n) is 12.2. The smallest absolute Gasteiger partial charge is 0.0969 e. The zero-order chi connectivity index (χ0) is 14.2. The summed E-state index contributed by atoms with van der Waals surface area (Å²) >= 11 is 0. The van der Waals surface area contributed by atoms with Crippen LogP contribution < -0.4 is 5.32 Å². The van der Waals surface area contributed by atoms with Crippen LogP contribution in [-0.4, -0.2) is 35.3 Å². The Kier molecular flexibility index (Phi) is 5.70. The van der Waals surface area contributed by atoms with Crippen LogP contribution in [0.25, 0.3) is 5.69 Å². The summed E-state index contributed by atoms with van der Waals surface area (Å²) in [5, 5.41) is 11.6. The molecule has 0 amide bonds.